The number of nitrogens with zero attached hydrogens (tertiary/aromatic N) is 1. The Balaban J connectivity index is 1.30. The molecule has 0 unspecified atom stereocenters. The first kappa shape index (κ1) is 18.4. The number of thiazole rings is 1. The van der Waals surface area contributed by atoms with E-state index in [0.29, 0.717) is 35.4 Å². The van der Waals surface area contributed by atoms with Crippen molar-refractivity contribution in [3.05, 3.63) is 83.7 Å². The minimum atomic E-state index is -0.229. The highest BCUT2D eigenvalue weighted by Gasteiger charge is 2.16. The molecule has 1 aromatic heterocycles. The van der Waals surface area contributed by atoms with E-state index in [1.807, 2.05) is 35.7 Å². The van der Waals surface area contributed by atoms with Crippen LogP contribution in [0.15, 0.2) is 78.2 Å². The molecule has 0 saturated heterocycles. The van der Waals surface area contributed by atoms with Crippen LogP contribution in [0.3, 0.4) is 0 Å². The SMILES string of the molecule is O=C(Nc1nc(-c2ccc(-c3ccccc3)cc2)cs1)c1ccc2c(c1)OCCO2. The van der Waals surface area contributed by atoms with Crippen LogP contribution in [0.5, 0.6) is 11.5 Å². The molecule has 1 aliphatic rings. The van der Waals surface area contributed by atoms with Crippen molar-refractivity contribution < 1.29 is 14.3 Å². The van der Waals surface area contributed by atoms with Crippen molar-refractivity contribution in [2.24, 2.45) is 0 Å². The van der Waals surface area contributed by atoms with Crippen molar-refractivity contribution >= 4 is 22.4 Å². The topological polar surface area (TPSA) is 60.5 Å². The van der Waals surface area contributed by atoms with Gasteiger partial charge in [0.1, 0.15) is 13.2 Å². The van der Waals surface area contributed by atoms with Crippen LogP contribution < -0.4 is 14.8 Å². The summed E-state index contributed by atoms with van der Waals surface area (Å²) in [5.74, 6) is 1.02. The van der Waals surface area contributed by atoms with Crippen LogP contribution in [-0.4, -0.2) is 24.1 Å². The van der Waals surface area contributed by atoms with Gasteiger partial charge in [0.15, 0.2) is 16.6 Å². The molecule has 4 aromatic rings. The molecule has 0 atom stereocenters. The van der Waals surface area contributed by atoms with Gasteiger partial charge in [-0.25, -0.2) is 4.98 Å². The largest absolute Gasteiger partial charge is 0.486 e. The molecule has 30 heavy (non-hydrogen) atoms. The summed E-state index contributed by atoms with van der Waals surface area (Å²) in [4.78, 5) is 17.2. The molecule has 0 radical (unpaired) electrons. The van der Waals surface area contributed by atoms with Gasteiger partial charge in [-0.2, -0.15) is 0 Å². The minimum absolute atomic E-state index is 0.229. The van der Waals surface area contributed by atoms with Gasteiger partial charge in [0, 0.05) is 16.5 Å². The highest BCUT2D eigenvalue weighted by molar-refractivity contribution is 7.14. The van der Waals surface area contributed by atoms with E-state index in [4.69, 9.17) is 9.47 Å². The molecular weight excluding hydrogens is 396 g/mol. The molecule has 6 heteroatoms. The van der Waals surface area contributed by atoms with Crippen LogP contribution in [0.4, 0.5) is 5.13 Å². The van der Waals surface area contributed by atoms with E-state index >= 15 is 0 Å². The van der Waals surface area contributed by atoms with Crippen molar-refractivity contribution in [2.45, 2.75) is 0 Å². The average Bonchev–Trinajstić information content (AvgIpc) is 3.28. The first-order valence-corrected chi connectivity index (χ1v) is 10.5. The first-order chi connectivity index (χ1) is 14.8. The molecule has 0 aliphatic carbocycles. The number of ether oxygens (including phenoxy) is 2. The molecule has 5 rings (SSSR count). The van der Waals surface area contributed by atoms with Gasteiger partial charge in [-0.1, -0.05) is 54.6 Å². The lowest BCUT2D eigenvalue weighted by molar-refractivity contribution is 0.102. The molecule has 2 heterocycles. The van der Waals surface area contributed by atoms with E-state index in [2.05, 4.69) is 34.6 Å². The van der Waals surface area contributed by atoms with Crippen LogP contribution in [0, 0.1) is 0 Å². The Bertz CT molecular complexity index is 1190. The molecule has 5 nitrogen and oxygen atoms in total. The Morgan fingerprint density at radius 2 is 1.53 bits per heavy atom. The molecule has 148 valence electrons. The third-order valence-corrected chi connectivity index (χ3v) is 5.57. The molecule has 0 spiro atoms. The fraction of sp³-hybridized carbons (Fsp3) is 0.0833. The summed E-state index contributed by atoms with van der Waals surface area (Å²) in [6, 6.07) is 23.7. The Kier molecular flexibility index (Phi) is 4.91. The fourth-order valence-corrected chi connectivity index (χ4v) is 4.00. The van der Waals surface area contributed by atoms with Gasteiger partial charge in [0.25, 0.3) is 5.91 Å². The molecule has 1 N–H and O–H groups in total. The predicted molar refractivity (Wildman–Crippen MR) is 118 cm³/mol. The standard InChI is InChI=1S/C24H18N2O3S/c27-23(19-10-11-21-22(14-19)29-13-12-28-21)26-24-25-20(15-30-24)18-8-6-17(7-9-18)16-4-2-1-3-5-16/h1-11,14-15H,12-13H2,(H,25,26,27). The number of carbonyl (C=O) groups is 1. The van der Waals surface area contributed by atoms with Crippen molar-refractivity contribution in [3.63, 3.8) is 0 Å². The van der Waals surface area contributed by atoms with E-state index in [0.717, 1.165) is 16.8 Å². The van der Waals surface area contributed by atoms with E-state index < -0.39 is 0 Å². The summed E-state index contributed by atoms with van der Waals surface area (Å²) in [7, 11) is 0. The second-order valence-corrected chi connectivity index (χ2v) is 7.65. The van der Waals surface area contributed by atoms with E-state index in [9.17, 15) is 4.79 Å². The number of benzene rings is 3. The lowest BCUT2D eigenvalue weighted by Gasteiger charge is -2.18. The fourth-order valence-electron chi connectivity index (χ4n) is 3.28. The van der Waals surface area contributed by atoms with Crippen molar-refractivity contribution in [1.82, 2.24) is 4.98 Å². The van der Waals surface area contributed by atoms with Crippen molar-refractivity contribution in [2.75, 3.05) is 18.5 Å². The number of anilines is 1. The quantitative estimate of drug-likeness (QED) is 0.479. The summed E-state index contributed by atoms with van der Waals surface area (Å²) in [6.45, 7) is 1.00. The summed E-state index contributed by atoms with van der Waals surface area (Å²) >= 11 is 1.40. The van der Waals surface area contributed by atoms with Crippen molar-refractivity contribution in [1.29, 1.82) is 0 Å². The van der Waals surface area contributed by atoms with E-state index in [1.165, 1.54) is 16.9 Å². The highest BCUT2D eigenvalue weighted by atomic mass is 32.1. The zero-order chi connectivity index (χ0) is 20.3. The van der Waals surface area contributed by atoms with E-state index in [-0.39, 0.29) is 5.91 Å². The molecule has 3 aromatic carbocycles. The van der Waals surface area contributed by atoms with Gasteiger partial charge in [0.2, 0.25) is 0 Å². The molecule has 1 amide bonds. The maximum Gasteiger partial charge on any atom is 0.257 e. The molecule has 0 fully saturated rings. The van der Waals surface area contributed by atoms with Gasteiger partial charge >= 0.3 is 0 Å². The lowest BCUT2D eigenvalue weighted by atomic mass is 10.0. The summed E-state index contributed by atoms with van der Waals surface area (Å²) in [6.07, 6.45) is 0. The van der Waals surface area contributed by atoms with Crippen LogP contribution in [0.1, 0.15) is 10.4 Å². The number of aromatic nitrogens is 1. The number of hydrogen-bond acceptors (Lipinski definition) is 5. The summed E-state index contributed by atoms with van der Waals surface area (Å²) < 4.78 is 11.0. The summed E-state index contributed by atoms with van der Waals surface area (Å²) in [5, 5.41) is 5.36. The summed E-state index contributed by atoms with van der Waals surface area (Å²) in [5.41, 5.74) is 4.67. The molecule has 0 saturated carbocycles. The number of fused-ring (bicyclic) bond motifs is 1. The molecule has 0 bridgehead atoms. The van der Waals surface area contributed by atoms with Crippen molar-refractivity contribution in [3.8, 4) is 33.9 Å². The molecular formula is C24H18N2O3S. The average molecular weight is 414 g/mol. The van der Waals surface area contributed by atoms with Crippen LogP contribution >= 0.6 is 11.3 Å². The monoisotopic (exact) mass is 414 g/mol. The van der Waals surface area contributed by atoms with Gasteiger partial charge in [-0.3, -0.25) is 10.1 Å². The number of amides is 1. The second kappa shape index (κ2) is 8.00. The van der Waals surface area contributed by atoms with Gasteiger partial charge in [0.05, 0.1) is 5.69 Å². The maximum atomic E-state index is 12.6. The maximum absolute atomic E-state index is 12.6. The predicted octanol–water partition coefficient (Wildman–Crippen LogP) is 5.50. The van der Waals surface area contributed by atoms with Gasteiger partial charge < -0.3 is 9.47 Å². The normalized spacial score (nSPS) is 12.4. The number of hydrogen-bond donors (Lipinski definition) is 1. The first-order valence-electron chi connectivity index (χ1n) is 9.59. The second-order valence-electron chi connectivity index (χ2n) is 6.79. The number of nitrogens with one attached hydrogen (secondary N) is 1. The van der Waals surface area contributed by atoms with Crippen LogP contribution in [0.25, 0.3) is 22.4 Å². The Morgan fingerprint density at radius 1 is 0.833 bits per heavy atom. The van der Waals surface area contributed by atoms with Crippen LogP contribution in [0.2, 0.25) is 0 Å². The number of carbonyl (C=O) groups excluding carboxylic acids is 1. The third-order valence-electron chi connectivity index (χ3n) is 4.82. The highest BCUT2D eigenvalue weighted by Crippen LogP contribution is 2.32. The third kappa shape index (κ3) is 3.77. The van der Waals surface area contributed by atoms with E-state index in [1.54, 1.807) is 18.2 Å². The van der Waals surface area contributed by atoms with Gasteiger partial charge in [-0.05, 0) is 29.3 Å². The lowest BCUT2D eigenvalue weighted by Crippen LogP contribution is -2.17. The Labute approximate surface area is 177 Å². The number of rotatable bonds is 4. The zero-order valence-corrected chi connectivity index (χ0v) is 16.8. The Hall–Kier alpha value is -3.64. The van der Waals surface area contributed by atoms with Crippen LogP contribution in [-0.2, 0) is 0 Å². The zero-order valence-electron chi connectivity index (χ0n) is 16.0. The smallest absolute Gasteiger partial charge is 0.257 e. The Morgan fingerprint density at radius 3 is 2.33 bits per heavy atom. The minimum Gasteiger partial charge on any atom is -0.486 e. The van der Waals surface area contributed by atoms with Gasteiger partial charge in [-0.15, -0.1) is 11.3 Å². The molecule has 1 aliphatic heterocycles.